The summed E-state index contributed by atoms with van der Waals surface area (Å²) in [6.45, 7) is 1.92. The molecule has 1 aromatic heterocycles. The Morgan fingerprint density at radius 3 is 2.59 bits per heavy atom. The maximum Gasteiger partial charge on any atom is 0.234 e. The van der Waals surface area contributed by atoms with E-state index in [4.69, 9.17) is 40.6 Å². The van der Waals surface area contributed by atoms with Gasteiger partial charge in [0.1, 0.15) is 0 Å². The Balaban J connectivity index is 1.99. The summed E-state index contributed by atoms with van der Waals surface area (Å²) in [6, 6.07) is 2.97. The van der Waals surface area contributed by atoms with Crippen molar-refractivity contribution in [1.82, 2.24) is 14.9 Å². The first-order valence-electron chi connectivity index (χ1n) is 6.19. The fourth-order valence-electron chi connectivity index (χ4n) is 1.58. The molecule has 0 unspecified atom stereocenters. The van der Waals surface area contributed by atoms with E-state index in [9.17, 15) is 4.79 Å². The Bertz CT molecular complexity index is 706. The van der Waals surface area contributed by atoms with Crippen molar-refractivity contribution >= 4 is 58.2 Å². The molecule has 22 heavy (non-hydrogen) atoms. The zero-order chi connectivity index (χ0) is 16.3. The SMILES string of the molecule is CCc1nnc(SCC(=O)Nc2cc(Cl)c(Cl)cc2Cl)n1N. The molecule has 0 spiro atoms. The number of amides is 1. The van der Waals surface area contributed by atoms with E-state index in [1.807, 2.05) is 6.92 Å². The molecule has 0 saturated heterocycles. The zero-order valence-corrected chi connectivity index (χ0v) is 14.5. The normalized spacial score (nSPS) is 10.7. The number of nitrogens with zero attached hydrogens (tertiary/aromatic N) is 3. The summed E-state index contributed by atoms with van der Waals surface area (Å²) in [5, 5.41) is 11.9. The molecule has 1 heterocycles. The number of nitrogens with one attached hydrogen (secondary N) is 1. The van der Waals surface area contributed by atoms with Crippen molar-refractivity contribution in [2.75, 3.05) is 16.9 Å². The van der Waals surface area contributed by atoms with Crippen LogP contribution in [0.1, 0.15) is 12.7 Å². The molecule has 0 atom stereocenters. The lowest BCUT2D eigenvalue weighted by Gasteiger charge is -2.08. The Morgan fingerprint density at radius 2 is 1.95 bits per heavy atom. The number of thioether (sulfide) groups is 1. The number of nitrogen functional groups attached to an aromatic ring is 1. The van der Waals surface area contributed by atoms with Crippen molar-refractivity contribution in [3.63, 3.8) is 0 Å². The van der Waals surface area contributed by atoms with E-state index in [1.54, 1.807) is 0 Å². The summed E-state index contributed by atoms with van der Waals surface area (Å²) in [5.41, 5.74) is 0.394. The number of nitrogens with two attached hydrogens (primary N) is 1. The highest BCUT2D eigenvalue weighted by atomic mass is 35.5. The van der Waals surface area contributed by atoms with Crippen LogP contribution in [0, 0.1) is 0 Å². The van der Waals surface area contributed by atoms with Gasteiger partial charge in [0.25, 0.3) is 0 Å². The molecule has 3 N–H and O–H groups in total. The summed E-state index contributed by atoms with van der Waals surface area (Å²) in [5.74, 6) is 6.28. The molecule has 0 saturated carbocycles. The van der Waals surface area contributed by atoms with Gasteiger partial charge in [0.15, 0.2) is 5.82 Å². The van der Waals surface area contributed by atoms with Gasteiger partial charge in [0.05, 0.1) is 26.5 Å². The van der Waals surface area contributed by atoms with Gasteiger partial charge in [-0.2, -0.15) is 0 Å². The summed E-state index contributed by atoms with van der Waals surface area (Å²) < 4.78 is 1.37. The molecule has 0 aliphatic rings. The van der Waals surface area contributed by atoms with Gasteiger partial charge in [0.2, 0.25) is 11.1 Å². The lowest BCUT2D eigenvalue weighted by Crippen LogP contribution is -2.17. The minimum absolute atomic E-state index is 0.107. The average molecular weight is 381 g/mol. The molecule has 0 radical (unpaired) electrons. The van der Waals surface area contributed by atoms with Crippen LogP contribution in [0.5, 0.6) is 0 Å². The topological polar surface area (TPSA) is 85.8 Å². The maximum atomic E-state index is 12.0. The molecule has 1 amide bonds. The standard InChI is InChI=1S/C12H12Cl3N5OS/c1-2-10-18-19-12(20(10)16)22-5-11(21)17-9-4-7(14)6(13)3-8(9)15/h3-4H,2,5,16H2,1H3,(H,17,21). The van der Waals surface area contributed by atoms with Crippen molar-refractivity contribution in [2.24, 2.45) is 0 Å². The van der Waals surface area contributed by atoms with Gasteiger partial charge in [-0.05, 0) is 12.1 Å². The third-order valence-corrected chi connectivity index (χ3v) is 4.65. The van der Waals surface area contributed by atoms with E-state index in [0.29, 0.717) is 38.2 Å². The first-order valence-corrected chi connectivity index (χ1v) is 8.30. The molecule has 0 fully saturated rings. The van der Waals surface area contributed by atoms with Gasteiger partial charge >= 0.3 is 0 Å². The molecule has 0 aliphatic heterocycles. The fourth-order valence-corrected chi connectivity index (χ4v) is 2.85. The highest BCUT2D eigenvalue weighted by Gasteiger charge is 2.13. The van der Waals surface area contributed by atoms with E-state index < -0.39 is 0 Å². The highest BCUT2D eigenvalue weighted by molar-refractivity contribution is 7.99. The Labute approximate surface area is 146 Å². The fraction of sp³-hybridized carbons (Fsp3) is 0.250. The first kappa shape index (κ1) is 17.2. The van der Waals surface area contributed by atoms with Gasteiger partial charge in [-0.25, -0.2) is 4.68 Å². The predicted molar refractivity (Wildman–Crippen MR) is 90.4 cm³/mol. The molecule has 1 aromatic carbocycles. The molecule has 2 rings (SSSR count). The van der Waals surface area contributed by atoms with Crippen LogP contribution in [-0.2, 0) is 11.2 Å². The second-order valence-corrected chi connectivity index (χ2v) is 6.37. The molecule has 118 valence electrons. The van der Waals surface area contributed by atoms with Gasteiger partial charge < -0.3 is 11.2 Å². The van der Waals surface area contributed by atoms with Crippen molar-refractivity contribution in [1.29, 1.82) is 0 Å². The Hall–Kier alpha value is -1.15. The second kappa shape index (κ2) is 7.41. The smallest absolute Gasteiger partial charge is 0.234 e. The van der Waals surface area contributed by atoms with E-state index in [-0.39, 0.29) is 11.7 Å². The first-order chi connectivity index (χ1) is 10.4. The average Bonchev–Trinajstić information content (AvgIpc) is 2.83. The van der Waals surface area contributed by atoms with Gasteiger partial charge in [0, 0.05) is 6.42 Å². The lowest BCUT2D eigenvalue weighted by molar-refractivity contribution is -0.113. The molecular formula is C12H12Cl3N5OS. The molecular weight excluding hydrogens is 369 g/mol. The van der Waals surface area contributed by atoms with E-state index in [1.165, 1.54) is 28.6 Å². The number of carbonyl (C=O) groups is 1. The molecule has 2 aromatic rings. The summed E-state index contributed by atoms with van der Waals surface area (Å²) >= 11 is 18.9. The maximum absolute atomic E-state index is 12.0. The minimum atomic E-state index is -0.272. The predicted octanol–water partition coefficient (Wildman–Crippen LogP) is 3.25. The number of rotatable bonds is 5. The number of aromatic nitrogens is 3. The van der Waals surface area contributed by atoms with Gasteiger partial charge in [-0.3, -0.25) is 4.79 Å². The molecule has 0 aliphatic carbocycles. The number of anilines is 1. The lowest BCUT2D eigenvalue weighted by atomic mass is 10.3. The van der Waals surface area contributed by atoms with Gasteiger partial charge in [-0.15, -0.1) is 10.2 Å². The second-order valence-electron chi connectivity index (χ2n) is 4.21. The third-order valence-electron chi connectivity index (χ3n) is 2.67. The quantitative estimate of drug-likeness (QED) is 0.472. The van der Waals surface area contributed by atoms with E-state index in [0.717, 1.165) is 0 Å². The molecule has 10 heteroatoms. The van der Waals surface area contributed by atoms with Crippen molar-refractivity contribution in [3.8, 4) is 0 Å². The Kier molecular flexibility index (Phi) is 5.80. The van der Waals surface area contributed by atoms with E-state index >= 15 is 0 Å². The van der Waals surface area contributed by atoms with Crippen LogP contribution in [0.15, 0.2) is 17.3 Å². The van der Waals surface area contributed by atoms with Crippen LogP contribution in [0.25, 0.3) is 0 Å². The van der Waals surface area contributed by atoms with Gasteiger partial charge in [-0.1, -0.05) is 53.5 Å². The number of hydrogen-bond acceptors (Lipinski definition) is 5. The van der Waals surface area contributed by atoms with Crippen LogP contribution in [0.3, 0.4) is 0 Å². The summed E-state index contributed by atoms with van der Waals surface area (Å²) in [4.78, 5) is 12.0. The van der Waals surface area contributed by atoms with Crippen LogP contribution in [0.2, 0.25) is 15.1 Å². The summed E-state index contributed by atoms with van der Waals surface area (Å²) in [7, 11) is 0. The number of hydrogen-bond donors (Lipinski definition) is 2. The summed E-state index contributed by atoms with van der Waals surface area (Å²) in [6.07, 6.45) is 0.662. The highest BCUT2D eigenvalue weighted by Crippen LogP contribution is 2.32. The van der Waals surface area contributed by atoms with Crippen LogP contribution < -0.4 is 11.2 Å². The molecule has 6 nitrogen and oxygen atoms in total. The zero-order valence-electron chi connectivity index (χ0n) is 11.4. The van der Waals surface area contributed by atoms with Crippen LogP contribution >= 0.6 is 46.6 Å². The monoisotopic (exact) mass is 379 g/mol. The minimum Gasteiger partial charge on any atom is -0.336 e. The van der Waals surface area contributed by atoms with Crippen LogP contribution in [-0.4, -0.2) is 26.5 Å². The molecule has 0 bridgehead atoms. The van der Waals surface area contributed by atoms with Crippen molar-refractivity contribution in [3.05, 3.63) is 33.0 Å². The van der Waals surface area contributed by atoms with Crippen molar-refractivity contribution in [2.45, 2.75) is 18.5 Å². The largest absolute Gasteiger partial charge is 0.336 e. The van der Waals surface area contributed by atoms with Crippen LogP contribution in [0.4, 0.5) is 5.69 Å². The van der Waals surface area contributed by atoms with Crippen molar-refractivity contribution < 1.29 is 4.79 Å². The third kappa shape index (κ3) is 3.98. The number of carbonyl (C=O) groups excluding carboxylic acids is 1. The van der Waals surface area contributed by atoms with E-state index in [2.05, 4.69) is 15.5 Å². The number of benzene rings is 1. The number of halogens is 3. The number of aryl methyl sites for hydroxylation is 1. The Morgan fingerprint density at radius 1 is 1.27 bits per heavy atom.